The number of hydrogen-bond acceptors (Lipinski definition) is 3. The molecule has 2 nitrogen and oxygen atoms in total. The fourth-order valence-corrected chi connectivity index (χ4v) is 5.01. The lowest BCUT2D eigenvalue weighted by atomic mass is 9.94. The molecule has 2 aliphatic rings. The van der Waals surface area contributed by atoms with E-state index in [4.69, 9.17) is 0 Å². The first-order valence-corrected chi connectivity index (χ1v) is 9.32. The molecule has 5 unspecified atom stereocenters. The molecule has 0 spiro atoms. The van der Waals surface area contributed by atoms with Gasteiger partial charge in [-0.3, -0.25) is 4.90 Å². The van der Waals surface area contributed by atoms with E-state index in [1.165, 1.54) is 44.5 Å². The second-order valence-electron chi connectivity index (χ2n) is 6.44. The van der Waals surface area contributed by atoms with Crippen molar-refractivity contribution in [1.29, 1.82) is 0 Å². The fourth-order valence-electron chi connectivity index (χ4n) is 3.73. The third-order valence-electron chi connectivity index (χ3n) is 5.20. The summed E-state index contributed by atoms with van der Waals surface area (Å²) in [6, 6.07) is 2.26. The first-order chi connectivity index (χ1) is 9.17. The summed E-state index contributed by atoms with van der Waals surface area (Å²) in [6.45, 7) is 11.9. The molecule has 112 valence electrons. The van der Waals surface area contributed by atoms with E-state index in [0.717, 1.165) is 17.2 Å². The summed E-state index contributed by atoms with van der Waals surface area (Å²) >= 11 is 2.20. The van der Waals surface area contributed by atoms with E-state index in [1.54, 1.807) is 0 Å². The Morgan fingerprint density at radius 1 is 1.32 bits per heavy atom. The second kappa shape index (κ2) is 7.33. The van der Waals surface area contributed by atoms with Crippen LogP contribution < -0.4 is 5.32 Å². The molecule has 5 atom stereocenters. The molecule has 0 aromatic rings. The monoisotopic (exact) mass is 284 g/mol. The molecule has 0 radical (unpaired) electrons. The van der Waals surface area contributed by atoms with Crippen LogP contribution in [0.1, 0.15) is 53.4 Å². The fraction of sp³-hybridized carbons (Fsp3) is 1.00. The smallest absolute Gasteiger partial charge is 0.0221 e. The summed E-state index contributed by atoms with van der Waals surface area (Å²) < 4.78 is 0. The number of piperazine rings is 1. The number of hydrogen-bond donors (Lipinski definition) is 1. The quantitative estimate of drug-likeness (QED) is 0.833. The van der Waals surface area contributed by atoms with Crippen LogP contribution in [0.5, 0.6) is 0 Å². The van der Waals surface area contributed by atoms with Crippen molar-refractivity contribution in [1.82, 2.24) is 10.2 Å². The molecule has 0 bridgehead atoms. The summed E-state index contributed by atoms with van der Waals surface area (Å²) in [6.07, 6.45) is 5.59. The minimum Gasteiger partial charge on any atom is -0.311 e. The van der Waals surface area contributed by atoms with E-state index in [2.05, 4.69) is 49.7 Å². The Balaban J connectivity index is 1.99. The molecule has 2 fully saturated rings. The summed E-state index contributed by atoms with van der Waals surface area (Å²) in [5.41, 5.74) is 0. The first-order valence-electron chi connectivity index (χ1n) is 8.28. The lowest BCUT2D eigenvalue weighted by molar-refractivity contribution is 0.0793. The third-order valence-corrected chi connectivity index (χ3v) is 6.52. The van der Waals surface area contributed by atoms with Gasteiger partial charge in [0.15, 0.2) is 0 Å². The van der Waals surface area contributed by atoms with Gasteiger partial charge in [0.2, 0.25) is 0 Å². The van der Waals surface area contributed by atoms with Gasteiger partial charge in [0, 0.05) is 36.5 Å². The third kappa shape index (κ3) is 3.68. The molecular weight excluding hydrogens is 252 g/mol. The molecule has 1 aliphatic heterocycles. The first kappa shape index (κ1) is 15.7. The van der Waals surface area contributed by atoms with Crippen molar-refractivity contribution in [2.45, 2.75) is 76.8 Å². The van der Waals surface area contributed by atoms with Crippen LogP contribution in [0.15, 0.2) is 0 Å². The zero-order valence-corrected chi connectivity index (χ0v) is 14.0. The number of rotatable bonds is 5. The van der Waals surface area contributed by atoms with Crippen molar-refractivity contribution in [3.05, 3.63) is 0 Å². The molecule has 0 amide bonds. The van der Waals surface area contributed by atoms with Crippen LogP contribution in [0.25, 0.3) is 0 Å². The number of nitrogens with one attached hydrogen (secondary N) is 1. The Bertz CT molecular complexity index is 271. The molecular formula is C16H32N2S. The predicted molar refractivity (Wildman–Crippen MR) is 87.0 cm³/mol. The van der Waals surface area contributed by atoms with E-state index in [0.29, 0.717) is 12.1 Å². The number of thioether (sulfide) groups is 1. The van der Waals surface area contributed by atoms with Crippen molar-refractivity contribution in [3.8, 4) is 0 Å². The van der Waals surface area contributed by atoms with Gasteiger partial charge in [-0.2, -0.15) is 11.8 Å². The highest BCUT2D eigenvalue weighted by atomic mass is 32.2. The van der Waals surface area contributed by atoms with E-state index < -0.39 is 0 Å². The Morgan fingerprint density at radius 2 is 2.11 bits per heavy atom. The van der Waals surface area contributed by atoms with Crippen molar-refractivity contribution >= 4 is 11.8 Å². The summed E-state index contributed by atoms with van der Waals surface area (Å²) in [5.74, 6) is 2.07. The Labute approximate surface area is 124 Å². The predicted octanol–water partition coefficient (Wildman–Crippen LogP) is 3.37. The van der Waals surface area contributed by atoms with Crippen molar-refractivity contribution in [2.24, 2.45) is 5.92 Å². The summed E-state index contributed by atoms with van der Waals surface area (Å²) in [7, 11) is 0. The van der Waals surface area contributed by atoms with Gasteiger partial charge >= 0.3 is 0 Å². The summed E-state index contributed by atoms with van der Waals surface area (Å²) in [4.78, 5) is 2.84. The average molecular weight is 285 g/mol. The van der Waals surface area contributed by atoms with Crippen LogP contribution >= 0.6 is 11.8 Å². The van der Waals surface area contributed by atoms with Crippen molar-refractivity contribution in [2.75, 3.05) is 18.8 Å². The minimum absolute atomic E-state index is 0.703. The van der Waals surface area contributed by atoms with E-state index in [1.807, 2.05) is 0 Å². The molecule has 0 aromatic heterocycles. The number of nitrogens with zero attached hydrogens (tertiary/aromatic N) is 1. The maximum atomic E-state index is 3.77. The summed E-state index contributed by atoms with van der Waals surface area (Å²) in [5, 5.41) is 4.66. The molecule has 0 aromatic carbocycles. The lowest BCUT2D eigenvalue weighted by Crippen LogP contribution is -2.61. The van der Waals surface area contributed by atoms with Gasteiger partial charge in [-0.1, -0.05) is 33.6 Å². The van der Waals surface area contributed by atoms with Crippen LogP contribution in [0, 0.1) is 5.92 Å². The molecule has 1 saturated heterocycles. The van der Waals surface area contributed by atoms with E-state index in [-0.39, 0.29) is 0 Å². The van der Waals surface area contributed by atoms with Gasteiger partial charge in [-0.05, 0) is 31.4 Å². The molecule has 1 heterocycles. The van der Waals surface area contributed by atoms with Crippen LogP contribution in [0.4, 0.5) is 0 Å². The van der Waals surface area contributed by atoms with E-state index >= 15 is 0 Å². The standard InChI is InChI=1S/C16H32N2S/c1-5-12(3)14-11-18(13(4)10-17-14)15-8-7-9-16(15)19-6-2/h12-17H,5-11H2,1-4H3. The highest BCUT2D eigenvalue weighted by molar-refractivity contribution is 7.99. The SMILES string of the molecule is CCSC1CCCC1N1CC(C(C)CC)NCC1C. The maximum Gasteiger partial charge on any atom is 0.0221 e. The van der Waals surface area contributed by atoms with Crippen LogP contribution in [0.3, 0.4) is 0 Å². The zero-order valence-electron chi connectivity index (χ0n) is 13.2. The largest absolute Gasteiger partial charge is 0.311 e. The Hall–Kier alpha value is 0.270. The molecule has 2 rings (SSSR count). The van der Waals surface area contributed by atoms with Crippen LogP contribution in [0.2, 0.25) is 0 Å². The van der Waals surface area contributed by atoms with Gasteiger partial charge in [-0.25, -0.2) is 0 Å². The van der Waals surface area contributed by atoms with Gasteiger partial charge in [0.25, 0.3) is 0 Å². The minimum atomic E-state index is 0.703. The van der Waals surface area contributed by atoms with Crippen LogP contribution in [-0.4, -0.2) is 47.1 Å². The van der Waals surface area contributed by atoms with Gasteiger partial charge in [0.1, 0.15) is 0 Å². The maximum absolute atomic E-state index is 3.77. The molecule has 3 heteroatoms. The topological polar surface area (TPSA) is 15.3 Å². The van der Waals surface area contributed by atoms with Crippen molar-refractivity contribution < 1.29 is 0 Å². The van der Waals surface area contributed by atoms with E-state index in [9.17, 15) is 0 Å². The van der Waals surface area contributed by atoms with Gasteiger partial charge in [-0.15, -0.1) is 0 Å². The molecule has 1 N–H and O–H groups in total. The zero-order chi connectivity index (χ0) is 13.8. The molecule has 1 aliphatic carbocycles. The van der Waals surface area contributed by atoms with Gasteiger partial charge in [0.05, 0.1) is 0 Å². The van der Waals surface area contributed by atoms with Gasteiger partial charge < -0.3 is 5.32 Å². The molecule has 1 saturated carbocycles. The second-order valence-corrected chi connectivity index (χ2v) is 7.95. The van der Waals surface area contributed by atoms with Crippen LogP contribution in [-0.2, 0) is 0 Å². The Kier molecular flexibility index (Phi) is 6.04. The lowest BCUT2D eigenvalue weighted by Gasteiger charge is -2.45. The molecule has 19 heavy (non-hydrogen) atoms. The Morgan fingerprint density at radius 3 is 2.79 bits per heavy atom. The normalized spacial score (nSPS) is 38.5. The van der Waals surface area contributed by atoms with Crippen molar-refractivity contribution in [3.63, 3.8) is 0 Å². The highest BCUT2D eigenvalue weighted by Gasteiger charge is 2.38. The average Bonchev–Trinajstić information content (AvgIpc) is 2.87. The highest BCUT2D eigenvalue weighted by Crippen LogP contribution is 2.35.